The summed E-state index contributed by atoms with van der Waals surface area (Å²) in [5.74, 6) is -0.475. The van der Waals surface area contributed by atoms with Crippen molar-refractivity contribution < 1.29 is 13.9 Å². The summed E-state index contributed by atoms with van der Waals surface area (Å²) >= 11 is 0. The van der Waals surface area contributed by atoms with E-state index in [1.54, 1.807) is 30.6 Å². The number of nitrogens with one attached hydrogen (secondary N) is 3. The van der Waals surface area contributed by atoms with Gasteiger partial charge in [-0.05, 0) is 35.9 Å². The topological polar surface area (TPSA) is 101 Å². The third-order valence-electron chi connectivity index (χ3n) is 5.64. The average molecular weight is 471 g/mol. The number of pyridine rings is 1. The fraction of sp³-hybridized carbons (Fsp3) is 0.154. The number of benzene rings is 2. The number of carbonyl (C=O) groups excluding carboxylic acids is 1. The number of halogens is 1. The molecule has 4 aromatic rings. The van der Waals surface area contributed by atoms with Crippen LogP contribution in [-0.2, 0) is 9.53 Å². The van der Waals surface area contributed by atoms with Crippen molar-refractivity contribution >= 4 is 34.1 Å². The molecule has 8 nitrogen and oxygen atoms in total. The summed E-state index contributed by atoms with van der Waals surface area (Å²) in [6.07, 6.45) is 4.31. The second-order valence-corrected chi connectivity index (χ2v) is 7.99. The zero-order chi connectivity index (χ0) is 24.2. The minimum atomic E-state index is -0.416. The zero-order valence-corrected chi connectivity index (χ0v) is 18.8. The van der Waals surface area contributed by atoms with E-state index in [4.69, 9.17) is 4.74 Å². The van der Waals surface area contributed by atoms with Gasteiger partial charge in [0.15, 0.2) is 0 Å². The van der Waals surface area contributed by atoms with E-state index in [9.17, 15) is 9.18 Å². The van der Waals surface area contributed by atoms with Crippen LogP contribution in [0.4, 0.5) is 21.7 Å². The van der Waals surface area contributed by atoms with E-state index >= 15 is 0 Å². The maximum Gasteiger partial charge on any atom is 0.247 e. The second-order valence-electron chi connectivity index (χ2n) is 7.99. The van der Waals surface area contributed by atoms with E-state index in [2.05, 4.69) is 37.5 Å². The lowest BCUT2D eigenvalue weighted by Crippen LogP contribution is -2.33. The summed E-state index contributed by atoms with van der Waals surface area (Å²) in [7, 11) is 0. The summed E-state index contributed by atoms with van der Waals surface area (Å²) in [5.41, 5.74) is 3.64. The Morgan fingerprint density at radius 2 is 2.11 bits per heavy atom. The summed E-state index contributed by atoms with van der Waals surface area (Å²) in [6, 6.07) is 14.1. The zero-order valence-electron chi connectivity index (χ0n) is 18.8. The quantitative estimate of drug-likeness (QED) is 0.360. The number of anilines is 3. The highest BCUT2D eigenvalue weighted by molar-refractivity contribution is 5.99. The summed E-state index contributed by atoms with van der Waals surface area (Å²) in [5, 5.41) is 9.75. The lowest BCUT2D eigenvalue weighted by molar-refractivity contribution is -0.111. The van der Waals surface area contributed by atoms with Gasteiger partial charge in [0.25, 0.3) is 0 Å². The van der Waals surface area contributed by atoms with Crippen molar-refractivity contribution in [3.63, 3.8) is 0 Å². The number of hydrogen-bond acceptors (Lipinski definition) is 7. The first-order valence-corrected chi connectivity index (χ1v) is 11.1. The van der Waals surface area contributed by atoms with Crippen LogP contribution in [0.1, 0.15) is 11.7 Å². The predicted octanol–water partition coefficient (Wildman–Crippen LogP) is 4.36. The first kappa shape index (κ1) is 22.6. The Labute approximate surface area is 201 Å². The maximum absolute atomic E-state index is 14.9. The van der Waals surface area contributed by atoms with Gasteiger partial charge in [-0.3, -0.25) is 9.78 Å². The Morgan fingerprint density at radius 3 is 2.91 bits per heavy atom. The molecule has 2 aromatic heterocycles. The van der Waals surface area contributed by atoms with Gasteiger partial charge < -0.3 is 20.7 Å². The van der Waals surface area contributed by atoms with Gasteiger partial charge in [0.2, 0.25) is 11.9 Å². The number of nitrogens with zero attached hydrogens (tertiary/aromatic N) is 3. The Kier molecular flexibility index (Phi) is 6.42. The maximum atomic E-state index is 14.9. The van der Waals surface area contributed by atoms with Crippen molar-refractivity contribution in [3.8, 4) is 11.3 Å². The third kappa shape index (κ3) is 5.01. The van der Waals surface area contributed by atoms with Crippen LogP contribution in [0.25, 0.3) is 22.2 Å². The van der Waals surface area contributed by atoms with Gasteiger partial charge in [-0.2, -0.15) is 0 Å². The molecule has 0 spiro atoms. The summed E-state index contributed by atoms with van der Waals surface area (Å²) < 4.78 is 20.6. The molecule has 5 rings (SSSR count). The van der Waals surface area contributed by atoms with Crippen LogP contribution in [-0.4, -0.2) is 40.6 Å². The van der Waals surface area contributed by atoms with Gasteiger partial charge in [-0.1, -0.05) is 30.8 Å². The molecule has 1 amide bonds. The number of para-hydroxylation sites is 1. The van der Waals surface area contributed by atoms with Crippen LogP contribution in [0.15, 0.2) is 73.6 Å². The first-order chi connectivity index (χ1) is 17.1. The van der Waals surface area contributed by atoms with Crippen LogP contribution in [0.3, 0.4) is 0 Å². The van der Waals surface area contributed by atoms with Gasteiger partial charge in [-0.25, -0.2) is 14.4 Å². The monoisotopic (exact) mass is 470 g/mol. The van der Waals surface area contributed by atoms with E-state index in [0.29, 0.717) is 30.0 Å². The molecule has 1 saturated heterocycles. The summed E-state index contributed by atoms with van der Waals surface area (Å²) in [6.45, 7) is 5.51. The van der Waals surface area contributed by atoms with Gasteiger partial charge in [0, 0.05) is 42.1 Å². The van der Waals surface area contributed by atoms with Crippen LogP contribution in [0.2, 0.25) is 0 Å². The molecule has 0 saturated carbocycles. The second kappa shape index (κ2) is 9.96. The number of ether oxygens (including phenoxy) is 1. The molecule has 35 heavy (non-hydrogen) atoms. The Bertz CT molecular complexity index is 1400. The molecular weight excluding hydrogens is 447 g/mol. The number of fused-ring (bicyclic) bond motifs is 1. The van der Waals surface area contributed by atoms with Gasteiger partial charge in [0.1, 0.15) is 5.82 Å². The van der Waals surface area contributed by atoms with E-state index < -0.39 is 5.82 Å². The molecule has 176 valence electrons. The largest absolute Gasteiger partial charge is 0.371 e. The molecule has 0 aliphatic carbocycles. The number of carbonyl (C=O) groups is 1. The van der Waals surface area contributed by atoms with Crippen molar-refractivity contribution in [2.45, 2.75) is 6.10 Å². The molecular formula is C26H23FN6O2. The number of rotatable bonds is 6. The highest BCUT2D eigenvalue weighted by Crippen LogP contribution is 2.29. The molecule has 3 heterocycles. The Balaban J connectivity index is 1.44. The molecule has 1 aliphatic heterocycles. The Hall–Kier alpha value is -4.21. The lowest BCUT2D eigenvalue weighted by atomic mass is 10.1. The van der Waals surface area contributed by atoms with Crippen molar-refractivity contribution in [2.24, 2.45) is 0 Å². The van der Waals surface area contributed by atoms with Crippen molar-refractivity contribution in [2.75, 3.05) is 30.3 Å². The molecule has 0 radical (unpaired) electrons. The van der Waals surface area contributed by atoms with Gasteiger partial charge in [0.05, 0.1) is 29.6 Å². The lowest BCUT2D eigenvalue weighted by Gasteiger charge is -2.24. The minimum absolute atomic E-state index is 0.175. The Morgan fingerprint density at radius 1 is 1.20 bits per heavy atom. The third-order valence-corrected chi connectivity index (χ3v) is 5.64. The highest BCUT2D eigenvalue weighted by Gasteiger charge is 2.18. The first-order valence-electron chi connectivity index (χ1n) is 11.1. The van der Waals surface area contributed by atoms with Crippen LogP contribution >= 0.6 is 0 Å². The normalized spacial score (nSPS) is 15.5. The van der Waals surface area contributed by atoms with Crippen LogP contribution in [0.5, 0.6) is 0 Å². The van der Waals surface area contributed by atoms with Crippen molar-refractivity contribution in [3.05, 3.63) is 85.0 Å². The number of hydrogen-bond donors (Lipinski definition) is 3. The fourth-order valence-corrected chi connectivity index (χ4v) is 3.90. The smallest absolute Gasteiger partial charge is 0.247 e. The SMILES string of the molecule is C=CC(=O)Nc1ccnc(-c2cccc3cnc(Nc4ccc(C5CNCCO5)cc4F)nc23)c1. The van der Waals surface area contributed by atoms with E-state index in [1.807, 2.05) is 24.3 Å². The molecule has 1 atom stereocenters. The van der Waals surface area contributed by atoms with Crippen molar-refractivity contribution in [1.29, 1.82) is 0 Å². The van der Waals surface area contributed by atoms with Crippen LogP contribution < -0.4 is 16.0 Å². The molecule has 9 heteroatoms. The molecule has 1 fully saturated rings. The molecule has 0 bridgehead atoms. The van der Waals surface area contributed by atoms with Gasteiger partial charge >= 0.3 is 0 Å². The molecule has 3 N–H and O–H groups in total. The number of aromatic nitrogens is 3. The van der Waals surface area contributed by atoms with E-state index in [-0.39, 0.29) is 23.6 Å². The minimum Gasteiger partial charge on any atom is -0.371 e. The van der Waals surface area contributed by atoms with Gasteiger partial charge in [-0.15, -0.1) is 0 Å². The standard InChI is InChI=1S/C26H23FN6O2/c1-2-24(34)31-18-8-9-29-22(13-18)19-5-3-4-17-14-30-26(33-25(17)19)32-21-7-6-16(12-20(21)27)23-15-28-10-11-35-23/h2-9,12-14,23,28H,1,10-11,15H2,(H,29,31,34)(H,30,32,33). The van der Waals surface area contributed by atoms with Crippen molar-refractivity contribution in [1.82, 2.24) is 20.3 Å². The fourth-order valence-electron chi connectivity index (χ4n) is 3.90. The highest BCUT2D eigenvalue weighted by atomic mass is 19.1. The summed E-state index contributed by atoms with van der Waals surface area (Å²) in [4.78, 5) is 25.1. The molecule has 1 unspecified atom stereocenters. The molecule has 2 aromatic carbocycles. The average Bonchev–Trinajstić information content (AvgIpc) is 2.90. The number of morpholine rings is 1. The van der Waals surface area contributed by atoms with E-state index in [1.165, 1.54) is 12.1 Å². The van der Waals surface area contributed by atoms with Crippen LogP contribution in [0, 0.1) is 5.82 Å². The number of amides is 1. The predicted molar refractivity (Wildman–Crippen MR) is 133 cm³/mol. The molecule has 1 aliphatic rings. The van der Waals surface area contributed by atoms with E-state index in [0.717, 1.165) is 23.1 Å².